The molecule has 0 amide bonds. The van der Waals surface area contributed by atoms with Gasteiger partial charge in [0.2, 0.25) is 0 Å². The molecule has 0 saturated carbocycles. The maximum absolute atomic E-state index is 11.3. The molecule has 4 aromatic rings. The normalized spacial score (nSPS) is 15.4. The number of aromatic amines is 2. The predicted octanol–water partition coefficient (Wildman–Crippen LogP) is 3.66. The zero-order chi connectivity index (χ0) is 19.6. The fraction of sp³-hybridized carbons (Fsp3) is 0.318. The van der Waals surface area contributed by atoms with Crippen molar-refractivity contribution in [3.8, 4) is 5.75 Å². The monoisotopic (exact) mass is 408 g/mol. The number of imidazole rings is 1. The Morgan fingerprint density at radius 3 is 2.76 bits per heavy atom. The number of aromatic nitrogens is 2. The van der Waals surface area contributed by atoms with Crippen molar-refractivity contribution in [3.63, 3.8) is 0 Å². The average Bonchev–Trinajstić information content (AvgIpc) is 3.36. The van der Waals surface area contributed by atoms with E-state index in [-0.39, 0.29) is 5.69 Å². The summed E-state index contributed by atoms with van der Waals surface area (Å²) >= 11 is 1.81. The number of ether oxygens (including phenoxy) is 1. The Morgan fingerprint density at radius 2 is 1.86 bits per heavy atom. The summed E-state index contributed by atoms with van der Waals surface area (Å²) < 4.78 is 7.24. The Balaban J connectivity index is 1.10. The van der Waals surface area contributed by atoms with Gasteiger partial charge in [-0.05, 0) is 42.1 Å². The van der Waals surface area contributed by atoms with E-state index in [0.29, 0.717) is 6.61 Å². The minimum Gasteiger partial charge on any atom is -0.493 e. The number of anilines is 1. The first-order valence-corrected chi connectivity index (χ1v) is 10.9. The lowest BCUT2D eigenvalue weighted by Gasteiger charge is -2.36. The van der Waals surface area contributed by atoms with Gasteiger partial charge in [0.15, 0.2) is 0 Å². The molecule has 0 unspecified atom stereocenters. The Morgan fingerprint density at radius 1 is 1.00 bits per heavy atom. The predicted molar refractivity (Wildman–Crippen MR) is 120 cm³/mol. The third-order valence-electron chi connectivity index (χ3n) is 5.56. The first kappa shape index (κ1) is 18.3. The molecule has 1 aliphatic heterocycles. The van der Waals surface area contributed by atoms with E-state index in [9.17, 15) is 4.79 Å². The van der Waals surface area contributed by atoms with E-state index < -0.39 is 0 Å². The fourth-order valence-corrected chi connectivity index (χ4v) is 4.85. The van der Waals surface area contributed by atoms with Crippen LogP contribution in [0.3, 0.4) is 0 Å². The van der Waals surface area contributed by atoms with Crippen LogP contribution in [-0.4, -0.2) is 54.2 Å². The van der Waals surface area contributed by atoms with Crippen LogP contribution >= 0.6 is 11.3 Å². The molecule has 7 heteroatoms. The summed E-state index contributed by atoms with van der Waals surface area (Å²) in [5, 5.41) is 3.55. The van der Waals surface area contributed by atoms with Crippen LogP contribution in [-0.2, 0) is 0 Å². The Kier molecular flexibility index (Phi) is 4.99. The van der Waals surface area contributed by atoms with Crippen molar-refractivity contribution in [2.24, 2.45) is 0 Å². The van der Waals surface area contributed by atoms with Gasteiger partial charge in [-0.1, -0.05) is 6.07 Å². The van der Waals surface area contributed by atoms with Crippen LogP contribution in [0.1, 0.15) is 6.42 Å². The van der Waals surface area contributed by atoms with Crippen LogP contribution in [0.5, 0.6) is 5.75 Å². The second-order valence-corrected chi connectivity index (χ2v) is 8.37. The number of benzene rings is 2. The highest BCUT2D eigenvalue weighted by Gasteiger charge is 2.18. The van der Waals surface area contributed by atoms with Crippen LogP contribution in [0, 0.1) is 0 Å². The van der Waals surface area contributed by atoms with Crippen molar-refractivity contribution in [3.05, 3.63) is 58.3 Å². The van der Waals surface area contributed by atoms with Gasteiger partial charge in [-0.3, -0.25) is 4.90 Å². The number of rotatable bonds is 6. The zero-order valence-corrected chi connectivity index (χ0v) is 17.0. The molecule has 2 aromatic carbocycles. The van der Waals surface area contributed by atoms with Crippen molar-refractivity contribution in [1.29, 1.82) is 0 Å². The molecule has 1 fully saturated rings. The van der Waals surface area contributed by atoms with Crippen LogP contribution in [0.25, 0.3) is 21.1 Å². The minimum atomic E-state index is -0.188. The SMILES string of the molecule is O=c1[nH]c2ccc(OCCCN3CCN(c4cccc5sccc45)CC3)cc2[nH]1. The molecule has 5 rings (SSSR count). The second-order valence-electron chi connectivity index (χ2n) is 7.43. The molecule has 0 bridgehead atoms. The lowest BCUT2D eigenvalue weighted by atomic mass is 10.2. The smallest absolute Gasteiger partial charge is 0.323 e. The quantitative estimate of drug-likeness (QED) is 0.478. The third-order valence-corrected chi connectivity index (χ3v) is 6.44. The highest BCUT2D eigenvalue weighted by molar-refractivity contribution is 7.17. The van der Waals surface area contributed by atoms with Crippen molar-refractivity contribution < 1.29 is 4.74 Å². The van der Waals surface area contributed by atoms with E-state index in [4.69, 9.17) is 4.74 Å². The van der Waals surface area contributed by atoms with E-state index >= 15 is 0 Å². The fourth-order valence-electron chi connectivity index (χ4n) is 4.05. The molecule has 0 spiro atoms. The van der Waals surface area contributed by atoms with E-state index in [1.807, 2.05) is 29.5 Å². The first-order chi connectivity index (χ1) is 14.3. The molecule has 1 aliphatic rings. The van der Waals surface area contributed by atoms with Crippen molar-refractivity contribution in [2.75, 3.05) is 44.2 Å². The highest BCUT2D eigenvalue weighted by atomic mass is 32.1. The number of hydrogen-bond donors (Lipinski definition) is 2. The van der Waals surface area contributed by atoms with Crippen LogP contribution < -0.4 is 15.3 Å². The van der Waals surface area contributed by atoms with Gasteiger partial charge in [-0.15, -0.1) is 11.3 Å². The molecule has 6 nitrogen and oxygen atoms in total. The Bertz CT molecular complexity index is 1170. The number of hydrogen-bond acceptors (Lipinski definition) is 5. The molecule has 0 radical (unpaired) electrons. The molecule has 3 heterocycles. The summed E-state index contributed by atoms with van der Waals surface area (Å²) in [6.45, 7) is 6.00. The molecule has 1 saturated heterocycles. The van der Waals surface area contributed by atoms with E-state index in [1.165, 1.54) is 15.8 Å². The zero-order valence-electron chi connectivity index (χ0n) is 16.2. The number of thiophene rings is 1. The lowest BCUT2D eigenvalue weighted by molar-refractivity contribution is 0.225. The largest absolute Gasteiger partial charge is 0.493 e. The van der Waals surface area contributed by atoms with Crippen LogP contribution in [0.2, 0.25) is 0 Å². The molecular weight excluding hydrogens is 384 g/mol. The van der Waals surface area contributed by atoms with Gasteiger partial charge >= 0.3 is 5.69 Å². The van der Waals surface area contributed by atoms with E-state index in [0.717, 1.165) is 55.9 Å². The highest BCUT2D eigenvalue weighted by Crippen LogP contribution is 2.31. The number of piperazine rings is 1. The summed E-state index contributed by atoms with van der Waals surface area (Å²) in [4.78, 5) is 21.9. The van der Waals surface area contributed by atoms with Gasteiger partial charge in [0.25, 0.3) is 0 Å². The van der Waals surface area contributed by atoms with Gasteiger partial charge in [0.05, 0.1) is 17.6 Å². The van der Waals surface area contributed by atoms with Crippen LogP contribution in [0.15, 0.2) is 52.6 Å². The maximum Gasteiger partial charge on any atom is 0.323 e. The number of nitrogens with one attached hydrogen (secondary N) is 2. The summed E-state index contributed by atoms with van der Waals surface area (Å²) in [5.41, 5.74) is 2.76. The molecule has 150 valence electrons. The topological polar surface area (TPSA) is 64.4 Å². The number of H-pyrrole nitrogens is 2. The molecular formula is C22H24N4O2S. The Hall–Kier alpha value is -2.77. The van der Waals surface area contributed by atoms with Gasteiger partial charge in [-0.25, -0.2) is 4.79 Å². The average molecular weight is 409 g/mol. The van der Waals surface area contributed by atoms with E-state index in [2.05, 4.69) is 49.4 Å². The van der Waals surface area contributed by atoms with Crippen LogP contribution in [0.4, 0.5) is 5.69 Å². The summed E-state index contributed by atoms with van der Waals surface area (Å²) in [6.07, 6.45) is 0.988. The van der Waals surface area contributed by atoms with Crippen molar-refractivity contribution in [1.82, 2.24) is 14.9 Å². The molecule has 2 aromatic heterocycles. The minimum absolute atomic E-state index is 0.188. The third kappa shape index (κ3) is 3.88. The van der Waals surface area contributed by atoms with Crippen molar-refractivity contribution >= 4 is 38.1 Å². The van der Waals surface area contributed by atoms with E-state index in [1.54, 1.807) is 0 Å². The summed E-state index contributed by atoms with van der Waals surface area (Å²) in [6, 6.07) is 14.5. The standard InChI is InChI=1S/C22H24N4O2S/c27-22-23-18-6-5-16(15-19(18)24-22)28-13-2-8-25-9-11-26(12-10-25)20-3-1-4-21-17(20)7-14-29-21/h1,3-7,14-15H,2,8-13H2,(H2,23,24,27). The molecule has 0 aliphatic carbocycles. The lowest BCUT2D eigenvalue weighted by Crippen LogP contribution is -2.46. The van der Waals surface area contributed by atoms with Crippen molar-refractivity contribution in [2.45, 2.75) is 6.42 Å². The summed E-state index contributed by atoms with van der Waals surface area (Å²) in [5.74, 6) is 0.793. The number of fused-ring (bicyclic) bond motifs is 2. The van der Waals surface area contributed by atoms with Gasteiger partial charge in [0.1, 0.15) is 5.75 Å². The summed E-state index contributed by atoms with van der Waals surface area (Å²) in [7, 11) is 0. The molecule has 2 N–H and O–H groups in total. The van der Waals surface area contributed by atoms with Gasteiger partial charge in [-0.2, -0.15) is 0 Å². The second kappa shape index (κ2) is 7.93. The Labute approximate surface area is 172 Å². The molecule has 0 atom stereocenters. The molecule has 29 heavy (non-hydrogen) atoms. The first-order valence-electron chi connectivity index (χ1n) is 10.0. The maximum atomic E-state index is 11.3. The van der Waals surface area contributed by atoms with Gasteiger partial charge in [0, 0.05) is 54.6 Å². The van der Waals surface area contributed by atoms with Gasteiger partial charge < -0.3 is 19.6 Å². The number of nitrogens with zero attached hydrogens (tertiary/aromatic N) is 2.